The van der Waals surface area contributed by atoms with Crippen LogP contribution in [0, 0.1) is 0 Å². The molecule has 0 aliphatic carbocycles. The molecule has 0 aromatic carbocycles. The van der Waals surface area contributed by atoms with E-state index in [4.69, 9.17) is 0 Å². The molecular weight excluding hydrogens is 164 g/mol. The Morgan fingerprint density at radius 1 is 1.64 bits per heavy atom. The highest BCUT2D eigenvalue weighted by Crippen LogP contribution is 2.06. The van der Waals surface area contributed by atoms with Crippen LogP contribution in [0.2, 0.25) is 0 Å². The summed E-state index contributed by atoms with van der Waals surface area (Å²) in [6.45, 7) is 2.35. The molecule has 4 nitrogen and oxygen atoms in total. The number of imide groups is 1. The third-order valence-corrected chi connectivity index (χ3v) is 1.64. The fourth-order valence-corrected chi connectivity index (χ4v) is 1.06. The molecule has 0 aromatic heterocycles. The number of carbonyl (C=O) groups is 2. The van der Waals surface area contributed by atoms with E-state index in [0.29, 0.717) is 6.54 Å². The summed E-state index contributed by atoms with van der Waals surface area (Å²) in [7, 11) is 0. The Kier molecular flexibility index (Phi) is 2.31. The first kappa shape index (κ1) is 8.29. The Morgan fingerprint density at radius 2 is 2.27 bits per heavy atom. The maximum Gasteiger partial charge on any atom is 0.282 e. The van der Waals surface area contributed by atoms with Gasteiger partial charge in [0.1, 0.15) is 0 Å². The van der Waals surface area contributed by atoms with Crippen LogP contribution in [0.1, 0.15) is 13.3 Å². The summed E-state index contributed by atoms with van der Waals surface area (Å²) in [5, 5.41) is 0.975. The number of amides is 2. The van der Waals surface area contributed by atoms with Crippen molar-refractivity contribution in [3.05, 3.63) is 0 Å². The predicted octanol–water partition coefficient (Wildman–Crippen LogP) is -0.360. The SMILES string of the molecule is CCNN1C(=O)CC(=S)C1=O. The summed E-state index contributed by atoms with van der Waals surface area (Å²) in [6, 6.07) is 0. The standard InChI is InChI=1S/C6H8N2O2S/c1-2-7-8-5(9)3-4(11)6(8)10/h7H,2-3H2,1H3. The molecule has 1 fully saturated rings. The lowest BCUT2D eigenvalue weighted by molar-refractivity contribution is -0.140. The van der Waals surface area contributed by atoms with E-state index in [1.54, 1.807) is 0 Å². The van der Waals surface area contributed by atoms with Crippen LogP contribution in [-0.2, 0) is 9.59 Å². The Morgan fingerprint density at radius 3 is 2.64 bits per heavy atom. The summed E-state index contributed by atoms with van der Waals surface area (Å²) in [6.07, 6.45) is 0.0706. The fourth-order valence-electron chi connectivity index (χ4n) is 0.848. The molecule has 0 aromatic rings. The molecule has 5 heteroatoms. The van der Waals surface area contributed by atoms with Gasteiger partial charge in [0.15, 0.2) is 0 Å². The quantitative estimate of drug-likeness (QED) is 0.456. The minimum Gasteiger partial charge on any atom is -0.273 e. The van der Waals surface area contributed by atoms with Gasteiger partial charge < -0.3 is 0 Å². The zero-order chi connectivity index (χ0) is 8.43. The van der Waals surface area contributed by atoms with Crippen LogP contribution in [0.15, 0.2) is 0 Å². The number of nitrogens with zero attached hydrogens (tertiary/aromatic N) is 1. The predicted molar refractivity (Wildman–Crippen MR) is 42.7 cm³/mol. The van der Waals surface area contributed by atoms with Gasteiger partial charge in [-0.25, -0.2) is 10.4 Å². The van der Waals surface area contributed by atoms with Crippen LogP contribution < -0.4 is 5.43 Å². The first-order valence-corrected chi connectivity index (χ1v) is 3.71. The van der Waals surface area contributed by atoms with Crippen LogP contribution >= 0.6 is 12.2 Å². The minimum atomic E-state index is -0.383. The van der Waals surface area contributed by atoms with Crippen molar-refractivity contribution in [2.45, 2.75) is 13.3 Å². The smallest absolute Gasteiger partial charge is 0.273 e. The van der Waals surface area contributed by atoms with Gasteiger partial charge in [-0.05, 0) is 0 Å². The lowest BCUT2D eigenvalue weighted by Gasteiger charge is -2.11. The second kappa shape index (κ2) is 3.06. The van der Waals surface area contributed by atoms with Crippen molar-refractivity contribution in [3.8, 4) is 0 Å². The molecule has 1 heterocycles. The Labute approximate surface area is 69.5 Å². The Bertz CT molecular complexity index is 227. The van der Waals surface area contributed by atoms with Gasteiger partial charge in [-0.15, -0.1) is 0 Å². The van der Waals surface area contributed by atoms with E-state index in [9.17, 15) is 9.59 Å². The third kappa shape index (κ3) is 1.44. The van der Waals surface area contributed by atoms with Gasteiger partial charge in [-0.3, -0.25) is 9.59 Å². The number of hydrazine groups is 1. The monoisotopic (exact) mass is 172 g/mol. The van der Waals surface area contributed by atoms with Gasteiger partial charge in [0.05, 0.1) is 11.3 Å². The van der Waals surface area contributed by atoms with E-state index < -0.39 is 0 Å². The van der Waals surface area contributed by atoms with Crippen molar-refractivity contribution < 1.29 is 9.59 Å². The second-order valence-electron chi connectivity index (χ2n) is 2.15. The van der Waals surface area contributed by atoms with E-state index in [2.05, 4.69) is 17.6 Å². The first-order valence-electron chi connectivity index (χ1n) is 3.30. The molecule has 60 valence electrons. The van der Waals surface area contributed by atoms with Crippen molar-refractivity contribution in [3.63, 3.8) is 0 Å². The average Bonchev–Trinajstić information content (AvgIpc) is 2.17. The maximum atomic E-state index is 11.0. The summed E-state index contributed by atoms with van der Waals surface area (Å²) < 4.78 is 0. The number of hydrogen-bond acceptors (Lipinski definition) is 4. The normalized spacial score (nSPS) is 18.3. The van der Waals surface area contributed by atoms with Gasteiger partial charge in [-0.2, -0.15) is 0 Å². The molecular formula is C6H8N2O2S. The summed E-state index contributed by atoms with van der Waals surface area (Å²) in [4.78, 5) is 22.1. The summed E-state index contributed by atoms with van der Waals surface area (Å²) in [5.74, 6) is -0.645. The molecule has 0 unspecified atom stereocenters. The Hall–Kier alpha value is -0.810. The van der Waals surface area contributed by atoms with E-state index in [1.165, 1.54) is 0 Å². The van der Waals surface area contributed by atoms with Gasteiger partial charge in [0, 0.05) is 6.54 Å². The zero-order valence-corrected chi connectivity index (χ0v) is 6.90. The van der Waals surface area contributed by atoms with Gasteiger partial charge in [0.25, 0.3) is 5.91 Å². The average molecular weight is 172 g/mol. The lowest BCUT2D eigenvalue weighted by Crippen LogP contribution is -2.42. The first-order chi connectivity index (χ1) is 5.16. The molecule has 0 bridgehead atoms. The van der Waals surface area contributed by atoms with Crippen LogP contribution in [0.3, 0.4) is 0 Å². The van der Waals surface area contributed by atoms with Crippen LogP contribution in [0.25, 0.3) is 0 Å². The van der Waals surface area contributed by atoms with Gasteiger partial charge >= 0.3 is 0 Å². The van der Waals surface area contributed by atoms with Crippen molar-refractivity contribution >= 4 is 28.9 Å². The molecule has 0 atom stereocenters. The van der Waals surface area contributed by atoms with E-state index in [1.807, 2.05) is 6.92 Å². The molecule has 1 N–H and O–H groups in total. The summed E-state index contributed by atoms with van der Waals surface area (Å²) in [5.41, 5.74) is 2.62. The highest BCUT2D eigenvalue weighted by molar-refractivity contribution is 7.82. The third-order valence-electron chi connectivity index (χ3n) is 1.32. The number of nitrogens with one attached hydrogen (secondary N) is 1. The number of thiocarbonyl (C=S) groups is 1. The van der Waals surface area contributed by atoms with Crippen molar-refractivity contribution in [2.24, 2.45) is 0 Å². The molecule has 0 spiro atoms. The van der Waals surface area contributed by atoms with E-state index in [0.717, 1.165) is 5.01 Å². The number of rotatable bonds is 2. The number of carbonyl (C=O) groups excluding carboxylic acids is 2. The second-order valence-corrected chi connectivity index (χ2v) is 2.64. The molecule has 1 saturated heterocycles. The Balaban J connectivity index is 2.71. The molecule has 1 aliphatic heterocycles. The van der Waals surface area contributed by atoms with Crippen LogP contribution in [0.5, 0.6) is 0 Å². The molecule has 1 aliphatic rings. The topological polar surface area (TPSA) is 49.4 Å². The van der Waals surface area contributed by atoms with Crippen LogP contribution in [-0.4, -0.2) is 28.2 Å². The number of hydrogen-bond donors (Lipinski definition) is 1. The minimum absolute atomic E-state index is 0.0706. The molecule has 0 radical (unpaired) electrons. The zero-order valence-electron chi connectivity index (χ0n) is 6.09. The van der Waals surface area contributed by atoms with E-state index >= 15 is 0 Å². The largest absolute Gasteiger partial charge is 0.282 e. The fraction of sp³-hybridized carbons (Fsp3) is 0.500. The highest BCUT2D eigenvalue weighted by atomic mass is 32.1. The molecule has 0 saturated carbocycles. The van der Waals surface area contributed by atoms with E-state index in [-0.39, 0.29) is 23.1 Å². The van der Waals surface area contributed by atoms with Gasteiger partial charge in [-0.1, -0.05) is 19.1 Å². The molecule has 11 heavy (non-hydrogen) atoms. The molecule has 2 amide bonds. The maximum absolute atomic E-state index is 11.0. The summed E-state index contributed by atoms with van der Waals surface area (Å²) >= 11 is 4.66. The van der Waals surface area contributed by atoms with Gasteiger partial charge in [0.2, 0.25) is 5.91 Å². The van der Waals surface area contributed by atoms with Crippen molar-refractivity contribution in [1.82, 2.24) is 10.4 Å². The molecule has 1 rings (SSSR count). The van der Waals surface area contributed by atoms with Crippen molar-refractivity contribution in [1.29, 1.82) is 0 Å². The van der Waals surface area contributed by atoms with Crippen molar-refractivity contribution in [2.75, 3.05) is 6.54 Å². The lowest BCUT2D eigenvalue weighted by atomic mass is 10.4. The highest BCUT2D eigenvalue weighted by Gasteiger charge is 2.33. The van der Waals surface area contributed by atoms with Crippen LogP contribution in [0.4, 0.5) is 0 Å².